The van der Waals surface area contributed by atoms with Gasteiger partial charge in [0.05, 0.1) is 22.4 Å². The van der Waals surface area contributed by atoms with Crippen molar-refractivity contribution in [3.63, 3.8) is 0 Å². The first kappa shape index (κ1) is 18.6. The molecule has 134 valence electrons. The number of benzene rings is 2. The van der Waals surface area contributed by atoms with E-state index < -0.39 is 0 Å². The molecule has 0 aliphatic rings. The molecule has 0 aliphatic heterocycles. The summed E-state index contributed by atoms with van der Waals surface area (Å²) in [5.74, 6) is 1.31. The van der Waals surface area contributed by atoms with Gasteiger partial charge in [-0.3, -0.25) is 0 Å². The van der Waals surface area contributed by atoms with Crippen LogP contribution in [0.1, 0.15) is 19.4 Å². The van der Waals surface area contributed by atoms with E-state index in [0.29, 0.717) is 26.2 Å². The molecule has 1 heterocycles. The lowest BCUT2D eigenvalue weighted by Gasteiger charge is -2.10. The maximum Gasteiger partial charge on any atom is 0.216 e. The summed E-state index contributed by atoms with van der Waals surface area (Å²) in [5.41, 5.74) is 1.43. The molecule has 0 atom stereocenters. The number of nitrogens with one attached hydrogen (secondary N) is 1. The van der Waals surface area contributed by atoms with Gasteiger partial charge in [-0.05, 0) is 50.3 Å². The Morgan fingerprint density at radius 1 is 1.19 bits per heavy atom. The van der Waals surface area contributed by atoms with Crippen LogP contribution in [0.3, 0.4) is 0 Å². The van der Waals surface area contributed by atoms with Crippen LogP contribution in [0.15, 0.2) is 47.6 Å². The molecule has 0 saturated carbocycles. The van der Waals surface area contributed by atoms with Crippen LogP contribution in [0, 0.1) is 4.77 Å². The van der Waals surface area contributed by atoms with Crippen LogP contribution in [-0.4, -0.2) is 27.2 Å². The predicted octanol–water partition coefficient (Wildman–Crippen LogP) is 5.58. The highest BCUT2D eigenvalue weighted by atomic mass is 35.5. The number of rotatable bonds is 5. The van der Waals surface area contributed by atoms with Crippen molar-refractivity contribution in [3.05, 3.63) is 62.8 Å². The van der Waals surface area contributed by atoms with E-state index >= 15 is 0 Å². The van der Waals surface area contributed by atoms with Crippen LogP contribution in [0.4, 0.5) is 0 Å². The van der Waals surface area contributed by atoms with Crippen LogP contribution >= 0.6 is 35.4 Å². The molecule has 8 heteroatoms. The van der Waals surface area contributed by atoms with Gasteiger partial charge >= 0.3 is 0 Å². The van der Waals surface area contributed by atoms with Crippen molar-refractivity contribution in [1.82, 2.24) is 14.9 Å². The van der Waals surface area contributed by atoms with Crippen molar-refractivity contribution < 1.29 is 4.74 Å². The van der Waals surface area contributed by atoms with Gasteiger partial charge in [0.2, 0.25) is 4.77 Å². The Bertz CT molecular complexity index is 990. The van der Waals surface area contributed by atoms with Gasteiger partial charge in [0.1, 0.15) is 5.75 Å². The van der Waals surface area contributed by atoms with E-state index in [9.17, 15) is 0 Å². The van der Waals surface area contributed by atoms with Crippen LogP contribution in [0.5, 0.6) is 5.75 Å². The lowest BCUT2D eigenvalue weighted by molar-refractivity contribution is 0.242. The molecule has 1 aromatic heterocycles. The molecule has 0 amide bonds. The highest BCUT2D eigenvalue weighted by Crippen LogP contribution is 2.25. The minimum absolute atomic E-state index is 0.0754. The molecule has 0 saturated heterocycles. The second-order valence-electron chi connectivity index (χ2n) is 5.74. The average Bonchev–Trinajstić information content (AvgIpc) is 2.95. The summed E-state index contributed by atoms with van der Waals surface area (Å²) >= 11 is 17.7. The van der Waals surface area contributed by atoms with Crippen molar-refractivity contribution in [2.24, 2.45) is 5.10 Å². The molecule has 26 heavy (non-hydrogen) atoms. The maximum absolute atomic E-state index is 6.18. The highest BCUT2D eigenvalue weighted by molar-refractivity contribution is 7.71. The molecule has 0 unspecified atom stereocenters. The van der Waals surface area contributed by atoms with Gasteiger partial charge in [-0.1, -0.05) is 41.4 Å². The van der Waals surface area contributed by atoms with Crippen molar-refractivity contribution in [2.45, 2.75) is 20.0 Å². The quantitative estimate of drug-likeness (QED) is 0.444. The summed E-state index contributed by atoms with van der Waals surface area (Å²) in [6.07, 6.45) is 1.64. The van der Waals surface area contributed by atoms with Crippen LogP contribution in [0.25, 0.3) is 11.4 Å². The minimum atomic E-state index is 0.0754. The van der Waals surface area contributed by atoms with Crippen molar-refractivity contribution in [2.75, 3.05) is 0 Å². The van der Waals surface area contributed by atoms with Crippen LogP contribution < -0.4 is 4.74 Å². The van der Waals surface area contributed by atoms with Gasteiger partial charge in [-0.2, -0.15) is 14.9 Å². The van der Waals surface area contributed by atoms with Gasteiger partial charge in [0.15, 0.2) is 5.82 Å². The summed E-state index contributed by atoms with van der Waals surface area (Å²) in [4.78, 5) is 0. The summed E-state index contributed by atoms with van der Waals surface area (Å²) in [7, 11) is 0. The van der Waals surface area contributed by atoms with Crippen LogP contribution in [0.2, 0.25) is 10.0 Å². The van der Waals surface area contributed by atoms with E-state index in [0.717, 1.165) is 11.3 Å². The third-order valence-corrected chi connectivity index (χ3v) is 4.34. The molecule has 1 N–H and O–H groups in total. The molecule has 3 aromatic rings. The summed E-state index contributed by atoms with van der Waals surface area (Å²) in [6, 6.07) is 12.9. The number of aromatic nitrogens is 3. The lowest BCUT2D eigenvalue weighted by atomic mass is 10.2. The molecule has 0 bridgehead atoms. The fraction of sp³-hybridized carbons (Fsp3) is 0.167. The first-order valence-corrected chi connectivity index (χ1v) is 9.05. The molecule has 0 aliphatic carbocycles. The smallest absolute Gasteiger partial charge is 0.216 e. The van der Waals surface area contributed by atoms with Gasteiger partial charge in [-0.15, -0.1) is 0 Å². The Labute approximate surface area is 166 Å². The molecule has 0 radical (unpaired) electrons. The van der Waals surface area contributed by atoms with Gasteiger partial charge < -0.3 is 4.74 Å². The zero-order chi connectivity index (χ0) is 18.7. The zero-order valence-electron chi connectivity index (χ0n) is 14.1. The summed E-state index contributed by atoms with van der Waals surface area (Å²) in [5, 5.41) is 12.4. The standard InChI is InChI=1S/C18H16Cl2N4OS/c1-11(2)25-13-6-3-5-12(9-13)17-22-23-18(26)24(17)21-10-14-15(19)7-4-8-16(14)20/h3-11H,1-2H3,(H,23,26)/b21-10+. The van der Waals surface area contributed by atoms with Gasteiger partial charge in [0.25, 0.3) is 0 Å². The van der Waals surface area contributed by atoms with Crippen molar-refractivity contribution in [3.8, 4) is 17.1 Å². The number of hydrogen-bond donors (Lipinski definition) is 1. The number of H-pyrrole nitrogens is 1. The number of ether oxygens (including phenoxy) is 1. The Balaban J connectivity index is 2.00. The zero-order valence-corrected chi connectivity index (χ0v) is 16.4. The Kier molecular flexibility index (Phi) is 5.76. The lowest BCUT2D eigenvalue weighted by Crippen LogP contribution is -2.05. The number of nitrogens with zero attached hydrogens (tertiary/aromatic N) is 3. The monoisotopic (exact) mass is 406 g/mol. The fourth-order valence-corrected chi connectivity index (χ4v) is 2.99. The van der Waals surface area contributed by atoms with E-state index in [1.165, 1.54) is 4.68 Å². The van der Waals surface area contributed by atoms with Crippen molar-refractivity contribution >= 4 is 41.6 Å². The topological polar surface area (TPSA) is 55.2 Å². The maximum atomic E-state index is 6.18. The Hall–Kier alpha value is -2.15. The number of aromatic amines is 1. The minimum Gasteiger partial charge on any atom is -0.491 e. The Morgan fingerprint density at radius 3 is 2.58 bits per heavy atom. The van der Waals surface area contributed by atoms with E-state index in [2.05, 4.69) is 15.3 Å². The molecule has 0 fully saturated rings. The van der Waals surface area contributed by atoms with E-state index in [4.69, 9.17) is 40.2 Å². The second-order valence-corrected chi connectivity index (χ2v) is 6.94. The van der Waals surface area contributed by atoms with E-state index in [1.807, 2.05) is 38.1 Å². The van der Waals surface area contributed by atoms with Gasteiger partial charge in [-0.25, -0.2) is 5.10 Å². The Morgan fingerprint density at radius 2 is 1.88 bits per heavy atom. The molecular formula is C18H16Cl2N4OS. The summed E-state index contributed by atoms with van der Waals surface area (Å²) < 4.78 is 7.61. The largest absolute Gasteiger partial charge is 0.491 e. The molecule has 0 spiro atoms. The summed E-state index contributed by atoms with van der Waals surface area (Å²) in [6.45, 7) is 3.95. The van der Waals surface area contributed by atoms with E-state index in [-0.39, 0.29) is 6.10 Å². The van der Waals surface area contributed by atoms with Crippen LogP contribution in [-0.2, 0) is 0 Å². The number of hydrogen-bond acceptors (Lipinski definition) is 4. The first-order chi connectivity index (χ1) is 12.5. The molecule has 2 aromatic carbocycles. The molecule has 5 nitrogen and oxygen atoms in total. The second kappa shape index (κ2) is 8.03. The third-order valence-electron chi connectivity index (χ3n) is 3.42. The SMILES string of the molecule is CC(C)Oc1cccc(-c2n[nH]c(=S)n2/N=C/c2c(Cl)cccc2Cl)c1. The predicted molar refractivity (Wildman–Crippen MR) is 108 cm³/mol. The molecular weight excluding hydrogens is 391 g/mol. The first-order valence-electron chi connectivity index (χ1n) is 7.88. The number of halogens is 2. The van der Waals surface area contributed by atoms with E-state index in [1.54, 1.807) is 24.4 Å². The fourth-order valence-electron chi connectivity index (χ4n) is 2.32. The third kappa shape index (κ3) is 4.15. The normalized spacial score (nSPS) is 11.4. The average molecular weight is 407 g/mol. The van der Waals surface area contributed by atoms with Crippen molar-refractivity contribution in [1.29, 1.82) is 0 Å². The molecule has 3 rings (SSSR count). The van der Waals surface area contributed by atoms with Gasteiger partial charge in [0, 0.05) is 11.1 Å². The highest BCUT2D eigenvalue weighted by Gasteiger charge is 2.10.